The predicted molar refractivity (Wildman–Crippen MR) is 54.6 cm³/mol. The van der Waals surface area contributed by atoms with E-state index in [1.165, 1.54) is 12.1 Å². The minimum atomic E-state index is -4.75. The maximum Gasteiger partial charge on any atom is 0.482 e. The molecule has 0 nitrogen and oxygen atoms in total. The third-order valence-corrected chi connectivity index (χ3v) is 2.31. The first-order valence-corrected chi connectivity index (χ1v) is 5.11. The van der Waals surface area contributed by atoms with Crippen molar-refractivity contribution in [3.63, 3.8) is 0 Å². The smallest absolute Gasteiger partial charge is 0.449 e. The van der Waals surface area contributed by atoms with Crippen molar-refractivity contribution in [2.24, 2.45) is 0 Å². The molecule has 0 aliphatic heterocycles. The summed E-state index contributed by atoms with van der Waals surface area (Å²) in [6.45, 7) is -4.75. The van der Waals surface area contributed by atoms with E-state index in [9.17, 15) is 12.9 Å². The van der Waals surface area contributed by atoms with Crippen LogP contribution in [0.25, 0.3) is 0 Å². The molecule has 1 aromatic carbocycles. The molecule has 72 valence electrons. The molecule has 0 saturated carbocycles. The molecule has 0 aliphatic rings. The van der Waals surface area contributed by atoms with E-state index in [1.807, 2.05) is 0 Å². The van der Waals surface area contributed by atoms with E-state index in [4.69, 9.17) is 0 Å². The van der Waals surface area contributed by atoms with Crippen LogP contribution < -0.4 is 0 Å². The van der Waals surface area contributed by atoms with Crippen molar-refractivity contribution in [1.82, 2.24) is 0 Å². The second-order valence-electron chi connectivity index (χ2n) is 2.69. The largest absolute Gasteiger partial charge is 0.482 e. The van der Waals surface area contributed by atoms with Gasteiger partial charge in [0.1, 0.15) is 0 Å². The maximum atomic E-state index is 12.0. The lowest BCUT2D eigenvalue weighted by atomic mass is 9.82. The van der Waals surface area contributed by atoms with Crippen molar-refractivity contribution in [2.45, 2.75) is 6.32 Å². The Bertz CT molecular complexity index is 291. The quantitative estimate of drug-likeness (QED) is 0.719. The molecular formula is C7H5BBr2F3-. The molecule has 0 atom stereocenters. The standard InChI is InChI=1S/C7H5BBr2F3/c9-6-1-5(2-7(10)3-6)4-8(11,12)13/h1-3H,4H2/q-1. The van der Waals surface area contributed by atoms with Gasteiger partial charge in [0.05, 0.1) is 0 Å². The fourth-order valence-corrected chi connectivity index (χ4v) is 2.38. The third kappa shape index (κ3) is 4.18. The Balaban J connectivity index is 2.90. The molecule has 0 amide bonds. The summed E-state index contributed by atoms with van der Waals surface area (Å²) in [5.41, 5.74) is 0.272. The van der Waals surface area contributed by atoms with Crippen LogP contribution in [0.1, 0.15) is 5.56 Å². The SMILES string of the molecule is F[B-](F)(F)Cc1cc(Br)cc(Br)c1. The van der Waals surface area contributed by atoms with Crippen LogP contribution in [0.2, 0.25) is 0 Å². The fourth-order valence-electron chi connectivity index (χ4n) is 0.996. The number of benzene rings is 1. The average Bonchev–Trinajstić information content (AvgIpc) is 1.78. The number of hydrogen-bond donors (Lipinski definition) is 0. The molecule has 0 aliphatic carbocycles. The summed E-state index contributed by atoms with van der Waals surface area (Å²) >= 11 is 6.26. The molecule has 1 aromatic rings. The molecule has 0 radical (unpaired) electrons. The van der Waals surface area contributed by atoms with Crippen LogP contribution in [0.5, 0.6) is 0 Å². The van der Waals surface area contributed by atoms with Gasteiger partial charge in [-0.2, -0.15) is 0 Å². The molecule has 0 heterocycles. The van der Waals surface area contributed by atoms with Crippen LogP contribution in [0, 0.1) is 0 Å². The van der Waals surface area contributed by atoms with E-state index in [2.05, 4.69) is 31.9 Å². The van der Waals surface area contributed by atoms with Gasteiger partial charge in [-0.25, -0.2) is 0 Å². The zero-order valence-corrected chi connectivity index (χ0v) is 9.58. The normalized spacial score (nSPS) is 11.8. The summed E-state index contributed by atoms with van der Waals surface area (Å²) in [6.07, 6.45) is -0.835. The van der Waals surface area contributed by atoms with Gasteiger partial charge in [-0.05, 0) is 18.2 Å². The van der Waals surface area contributed by atoms with Crippen LogP contribution in [0.3, 0.4) is 0 Å². The van der Waals surface area contributed by atoms with Crippen LogP contribution in [0.4, 0.5) is 12.9 Å². The van der Waals surface area contributed by atoms with Crippen molar-refractivity contribution in [2.75, 3.05) is 0 Å². The lowest BCUT2D eigenvalue weighted by Gasteiger charge is -2.13. The van der Waals surface area contributed by atoms with Gasteiger partial charge in [0.25, 0.3) is 0 Å². The molecule has 1 rings (SSSR count). The van der Waals surface area contributed by atoms with Crippen molar-refractivity contribution in [3.05, 3.63) is 32.7 Å². The summed E-state index contributed by atoms with van der Waals surface area (Å²) in [4.78, 5) is 0. The Kier molecular flexibility index (Phi) is 3.46. The molecule has 0 spiro atoms. The van der Waals surface area contributed by atoms with E-state index in [0.717, 1.165) is 0 Å². The third-order valence-electron chi connectivity index (χ3n) is 1.39. The highest BCUT2D eigenvalue weighted by molar-refractivity contribution is 9.11. The Hall–Kier alpha value is 0.0349. The van der Waals surface area contributed by atoms with E-state index < -0.39 is 13.3 Å². The summed E-state index contributed by atoms with van der Waals surface area (Å²) < 4.78 is 37.4. The van der Waals surface area contributed by atoms with Crippen molar-refractivity contribution in [3.8, 4) is 0 Å². The van der Waals surface area contributed by atoms with Gasteiger partial charge in [-0.15, -0.1) is 0 Å². The minimum absolute atomic E-state index is 0.272. The van der Waals surface area contributed by atoms with E-state index in [0.29, 0.717) is 8.95 Å². The molecule has 13 heavy (non-hydrogen) atoms. The van der Waals surface area contributed by atoms with Gasteiger partial charge in [-0.1, -0.05) is 43.7 Å². The zero-order valence-electron chi connectivity index (χ0n) is 6.41. The molecule has 0 saturated heterocycles. The lowest BCUT2D eigenvalue weighted by molar-refractivity contribution is 0.468. The Morgan fingerprint density at radius 1 is 1.00 bits per heavy atom. The molecule has 0 aromatic heterocycles. The average molecular weight is 317 g/mol. The number of hydrogen-bond acceptors (Lipinski definition) is 0. The first-order valence-electron chi connectivity index (χ1n) is 3.53. The van der Waals surface area contributed by atoms with Crippen molar-refractivity contribution in [1.29, 1.82) is 0 Å². The summed E-state index contributed by atoms with van der Waals surface area (Å²) in [7, 11) is 0. The summed E-state index contributed by atoms with van der Waals surface area (Å²) in [6, 6.07) is 4.65. The molecule has 0 N–H and O–H groups in total. The second-order valence-corrected chi connectivity index (χ2v) is 4.52. The minimum Gasteiger partial charge on any atom is -0.449 e. The first kappa shape index (κ1) is 11.1. The Morgan fingerprint density at radius 2 is 1.46 bits per heavy atom. The molecule has 0 bridgehead atoms. The first-order chi connectivity index (χ1) is 5.87. The van der Waals surface area contributed by atoms with Crippen LogP contribution in [0.15, 0.2) is 27.1 Å². The van der Waals surface area contributed by atoms with Gasteiger partial charge in [0, 0.05) is 8.95 Å². The van der Waals surface area contributed by atoms with E-state index >= 15 is 0 Å². The monoisotopic (exact) mass is 315 g/mol. The Morgan fingerprint density at radius 3 is 1.85 bits per heavy atom. The molecule has 0 unspecified atom stereocenters. The lowest BCUT2D eigenvalue weighted by Crippen LogP contribution is -2.19. The van der Waals surface area contributed by atoms with Gasteiger partial charge in [0.2, 0.25) is 0 Å². The van der Waals surface area contributed by atoms with Crippen LogP contribution in [-0.4, -0.2) is 6.98 Å². The maximum absolute atomic E-state index is 12.0. The van der Waals surface area contributed by atoms with Crippen molar-refractivity contribution < 1.29 is 12.9 Å². The van der Waals surface area contributed by atoms with E-state index in [-0.39, 0.29) is 5.56 Å². The second kappa shape index (κ2) is 4.04. The number of rotatable bonds is 2. The topological polar surface area (TPSA) is 0 Å². The molecule has 6 heteroatoms. The Labute approximate surface area is 90.8 Å². The number of halogens is 5. The van der Waals surface area contributed by atoms with Gasteiger partial charge < -0.3 is 12.9 Å². The highest BCUT2D eigenvalue weighted by atomic mass is 79.9. The van der Waals surface area contributed by atoms with Gasteiger partial charge in [-0.3, -0.25) is 0 Å². The van der Waals surface area contributed by atoms with Crippen LogP contribution >= 0.6 is 31.9 Å². The van der Waals surface area contributed by atoms with Crippen LogP contribution in [-0.2, 0) is 6.32 Å². The molecule has 0 fully saturated rings. The zero-order chi connectivity index (χ0) is 10.1. The molecular weight excluding hydrogens is 312 g/mol. The van der Waals surface area contributed by atoms with Crippen molar-refractivity contribution >= 4 is 38.8 Å². The predicted octanol–water partition coefficient (Wildman–Crippen LogP) is 4.14. The fraction of sp³-hybridized carbons (Fsp3) is 0.143. The highest BCUT2D eigenvalue weighted by Gasteiger charge is 2.23. The van der Waals surface area contributed by atoms with Gasteiger partial charge in [0.15, 0.2) is 0 Å². The highest BCUT2D eigenvalue weighted by Crippen LogP contribution is 2.23. The summed E-state index contributed by atoms with van der Waals surface area (Å²) in [5.74, 6) is 0. The van der Waals surface area contributed by atoms with E-state index in [1.54, 1.807) is 6.07 Å². The van der Waals surface area contributed by atoms with Gasteiger partial charge >= 0.3 is 6.98 Å². The summed E-state index contributed by atoms with van der Waals surface area (Å²) in [5, 5.41) is 0.